The van der Waals surface area contributed by atoms with E-state index in [-0.39, 0.29) is 13.0 Å². The number of methoxy groups -OCH3 is 1. The van der Waals surface area contributed by atoms with Crippen molar-refractivity contribution in [1.29, 1.82) is 0 Å². The van der Waals surface area contributed by atoms with Crippen LogP contribution in [-0.2, 0) is 14.3 Å². The number of carbonyl (C=O) groups excluding carboxylic acids is 2. The third kappa shape index (κ3) is 2.99. The fourth-order valence-corrected chi connectivity index (χ4v) is 1.98. The Morgan fingerprint density at radius 1 is 1.32 bits per heavy atom. The summed E-state index contributed by atoms with van der Waals surface area (Å²) in [4.78, 5) is 24.4. The van der Waals surface area contributed by atoms with Crippen LogP contribution >= 0.6 is 0 Å². The van der Waals surface area contributed by atoms with Crippen molar-refractivity contribution in [2.24, 2.45) is 5.73 Å². The van der Waals surface area contributed by atoms with Crippen LogP contribution in [0.1, 0.15) is 26.2 Å². The normalized spacial score (nSPS) is 23.7. The number of nitrogens with two attached hydrogens (primary N) is 1. The molecule has 1 rings (SSSR count). The van der Waals surface area contributed by atoms with Gasteiger partial charge in [0.15, 0.2) is 5.54 Å². The van der Waals surface area contributed by atoms with E-state index in [0.29, 0.717) is 19.8 Å². The van der Waals surface area contributed by atoms with Gasteiger partial charge >= 0.3 is 12.1 Å². The van der Waals surface area contributed by atoms with Gasteiger partial charge in [0, 0.05) is 6.54 Å². The number of esters is 1. The standard InChI is InChI=1S/C11H17F3N2O3/c1-10(15,11(12,13)14)9(18)16-6-4-3-5-7(16)8(17)19-2/h7H,3-6,15H2,1-2H3. The van der Waals surface area contributed by atoms with Crippen LogP contribution in [0.15, 0.2) is 0 Å². The minimum absolute atomic E-state index is 0.0709. The fourth-order valence-electron chi connectivity index (χ4n) is 1.98. The van der Waals surface area contributed by atoms with Crippen molar-refractivity contribution < 1.29 is 27.5 Å². The molecule has 0 aromatic carbocycles. The average molecular weight is 282 g/mol. The van der Waals surface area contributed by atoms with Crippen molar-refractivity contribution >= 4 is 11.9 Å². The molecule has 0 saturated carbocycles. The lowest BCUT2D eigenvalue weighted by atomic mass is 9.95. The van der Waals surface area contributed by atoms with Gasteiger partial charge in [-0.25, -0.2) is 4.79 Å². The highest BCUT2D eigenvalue weighted by Gasteiger charge is 2.56. The summed E-state index contributed by atoms with van der Waals surface area (Å²) in [5, 5.41) is 0. The second-order valence-corrected chi connectivity index (χ2v) is 4.73. The van der Waals surface area contributed by atoms with E-state index >= 15 is 0 Å². The lowest BCUT2D eigenvalue weighted by Gasteiger charge is -2.39. The lowest BCUT2D eigenvalue weighted by Crippen LogP contribution is -2.65. The summed E-state index contributed by atoms with van der Waals surface area (Å²) in [5.74, 6) is -2.01. The predicted octanol–water partition coefficient (Wildman–Crippen LogP) is 0.820. The molecule has 1 aliphatic heterocycles. The summed E-state index contributed by atoms with van der Waals surface area (Å²) in [6.07, 6.45) is -3.40. The maximum Gasteiger partial charge on any atom is 0.415 e. The molecule has 1 fully saturated rings. The second-order valence-electron chi connectivity index (χ2n) is 4.73. The molecular weight excluding hydrogens is 265 g/mol. The van der Waals surface area contributed by atoms with Crippen molar-refractivity contribution in [3.8, 4) is 0 Å². The van der Waals surface area contributed by atoms with Crippen molar-refractivity contribution in [1.82, 2.24) is 4.90 Å². The molecular formula is C11H17F3N2O3. The Bertz CT molecular complexity index is 369. The Hall–Kier alpha value is -1.31. The number of halogens is 3. The molecule has 2 atom stereocenters. The number of ether oxygens (including phenoxy) is 1. The number of piperidine rings is 1. The van der Waals surface area contributed by atoms with E-state index in [4.69, 9.17) is 5.73 Å². The quantitative estimate of drug-likeness (QED) is 0.761. The van der Waals surface area contributed by atoms with Gasteiger partial charge in [0.05, 0.1) is 7.11 Å². The SMILES string of the molecule is COC(=O)C1CCCCN1C(=O)C(C)(N)C(F)(F)F. The molecule has 1 heterocycles. The van der Waals surface area contributed by atoms with Gasteiger partial charge in [0.25, 0.3) is 5.91 Å². The summed E-state index contributed by atoms with van der Waals surface area (Å²) in [5.41, 5.74) is 2.10. The molecule has 19 heavy (non-hydrogen) atoms. The number of hydrogen-bond donors (Lipinski definition) is 1. The largest absolute Gasteiger partial charge is 0.467 e. The van der Waals surface area contributed by atoms with Crippen molar-refractivity contribution in [3.05, 3.63) is 0 Å². The van der Waals surface area contributed by atoms with E-state index in [0.717, 1.165) is 12.0 Å². The Morgan fingerprint density at radius 2 is 1.89 bits per heavy atom. The summed E-state index contributed by atoms with van der Waals surface area (Å²) in [7, 11) is 1.13. The number of hydrogen-bond acceptors (Lipinski definition) is 4. The minimum atomic E-state index is -4.87. The maximum absolute atomic E-state index is 12.8. The van der Waals surface area contributed by atoms with E-state index in [1.165, 1.54) is 0 Å². The van der Waals surface area contributed by atoms with Crippen LogP contribution < -0.4 is 5.73 Å². The molecule has 1 aliphatic rings. The molecule has 5 nitrogen and oxygen atoms in total. The first kappa shape index (κ1) is 15.7. The Kier molecular flexibility index (Phi) is 4.44. The molecule has 2 N–H and O–H groups in total. The molecule has 0 radical (unpaired) electrons. The van der Waals surface area contributed by atoms with E-state index in [2.05, 4.69) is 4.74 Å². The molecule has 8 heteroatoms. The molecule has 2 unspecified atom stereocenters. The third-order valence-electron chi connectivity index (χ3n) is 3.27. The fraction of sp³-hybridized carbons (Fsp3) is 0.818. The van der Waals surface area contributed by atoms with E-state index in [1.54, 1.807) is 0 Å². The predicted molar refractivity (Wildman–Crippen MR) is 60.0 cm³/mol. The van der Waals surface area contributed by atoms with Gasteiger partial charge in [-0.3, -0.25) is 4.79 Å². The van der Waals surface area contributed by atoms with Gasteiger partial charge in [-0.2, -0.15) is 13.2 Å². The average Bonchev–Trinajstić information content (AvgIpc) is 2.35. The van der Waals surface area contributed by atoms with Crippen LogP contribution in [0, 0.1) is 0 Å². The first-order chi connectivity index (χ1) is 8.63. The first-order valence-corrected chi connectivity index (χ1v) is 5.87. The molecule has 0 aromatic heterocycles. The minimum Gasteiger partial charge on any atom is -0.467 e. The third-order valence-corrected chi connectivity index (χ3v) is 3.27. The zero-order chi connectivity index (χ0) is 14.8. The smallest absolute Gasteiger partial charge is 0.415 e. The highest BCUT2D eigenvalue weighted by molar-refractivity contribution is 5.91. The number of alkyl halides is 3. The number of amides is 1. The zero-order valence-electron chi connectivity index (χ0n) is 10.8. The zero-order valence-corrected chi connectivity index (χ0v) is 10.8. The van der Waals surface area contributed by atoms with Crippen LogP contribution in [0.25, 0.3) is 0 Å². The van der Waals surface area contributed by atoms with E-state index in [1.807, 2.05) is 0 Å². The topological polar surface area (TPSA) is 72.6 Å². The van der Waals surface area contributed by atoms with E-state index < -0.39 is 29.6 Å². The van der Waals surface area contributed by atoms with Gasteiger partial charge in [-0.15, -0.1) is 0 Å². The van der Waals surface area contributed by atoms with Gasteiger partial charge in [-0.1, -0.05) is 0 Å². The first-order valence-electron chi connectivity index (χ1n) is 5.87. The van der Waals surface area contributed by atoms with Gasteiger partial charge in [0.1, 0.15) is 6.04 Å². The van der Waals surface area contributed by atoms with Crippen LogP contribution in [0.2, 0.25) is 0 Å². The summed E-state index contributed by atoms with van der Waals surface area (Å²) >= 11 is 0. The van der Waals surface area contributed by atoms with Gasteiger partial charge in [-0.05, 0) is 26.2 Å². The Labute approximate surface area is 108 Å². The van der Waals surface area contributed by atoms with Gasteiger partial charge in [0.2, 0.25) is 0 Å². The Morgan fingerprint density at radius 3 is 2.37 bits per heavy atom. The molecule has 1 amide bonds. The highest BCUT2D eigenvalue weighted by atomic mass is 19.4. The maximum atomic E-state index is 12.8. The number of likely N-dealkylation sites (tertiary alicyclic amines) is 1. The van der Waals surface area contributed by atoms with E-state index in [9.17, 15) is 22.8 Å². The number of rotatable bonds is 2. The summed E-state index contributed by atoms with van der Waals surface area (Å²) in [6, 6.07) is -0.989. The molecule has 110 valence electrons. The highest BCUT2D eigenvalue weighted by Crippen LogP contribution is 2.31. The number of nitrogens with zero attached hydrogens (tertiary/aromatic N) is 1. The molecule has 0 aliphatic carbocycles. The second kappa shape index (κ2) is 5.36. The van der Waals surface area contributed by atoms with Crippen molar-refractivity contribution in [2.75, 3.05) is 13.7 Å². The summed E-state index contributed by atoms with van der Waals surface area (Å²) < 4.78 is 42.8. The van der Waals surface area contributed by atoms with Crippen LogP contribution in [0.5, 0.6) is 0 Å². The van der Waals surface area contributed by atoms with Gasteiger partial charge < -0.3 is 15.4 Å². The van der Waals surface area contributed by atoms with Crippen LogP contribution in [-0.4, -0.2) is 48.2 Å². The molecule has 0 bridgehead atoms. The van der Waals surface area contributed by atoms with Crippen LogP contribution in [0.4, 0.5) is 13.2 Å². The molecule has 1 saturated heterocycles. The molecule has 0 spiro atoms. The van der Waals surface area contributed by atoms with Crippen molar-refractivity contribution in [3.63, 3.8) is 0 Å². The molecule has 0 aromatic rings. The number of carbonyl (C=O) groups is 2. The van der Waals surface area contributed by atoms with Crippen LogP contribution in [0.3, 0.4) is 0 Å². The summed E-state index contributed by atoms with van der Waals surface area (Å²) in [6.45, 7) is 0.680. The Balaban J connectivity index is 2.98. The lowest BCUT2D eigenvalue weighted by molar-refractivity contribution is -0.197. The van der Waals surface area contributed by atoms with Crippen molar-refractivity contribution in [2.45, 2.75) is 43.9 Å². The monoisotopic (exact) mass is 282 g/mol.